The average molecular weight is 573 g/mol. The number of nitrogens with zero attached hydrogens (tertiary/aromatic N) is 2. The molecule has 5 heteroatoms. The SMILES string of the molecule is CCCCCCc1ccc(N(c2ccc(CCCCCC)cc2)c2ccnc(-c3ccc(C)cc3C(F)(F)F)c2)cc1. The third-order valence-corrected chi connectivity index (χ3v) is 7.79. The Bertz CT molecular complexity index is 1340. The van der Waals surface area contributed by atoms with Crippen LogP contribution in [0, 0.1) is 6.92 Å². The van der Waals surface area contributed by atoms with Gasteiger partial charge in [0, 0.05) is 28.8 Å². The Labute approximate surface area is 249 Å². The molecule has 0 aliphatic carbocycles. The van der Waals surface area contributed by atoms with Crippen LogP contribution in [0.25, 0.3) is 11.3 Å². The largest absolute Gasteiger partial charge is 0.417 e. The normalized spacial score (nSPS) is 11.6. The molecular weight excluding hydrogens is 529 g/mol. The molecule has 0 atom stereocenters. The maximum Gasteiger partial charge on any atom is 0.417 e. The van der Waals surface area contributed by atoms with Crippen molar-refractivity contribution in [2.45, 2.75) is 91.2 Å². The van der Waals surface area contributed by atoms with Crippen molar-refractivity contribution in [1.82, 2.24) is 4.98 Å². The molecule has 2 nitrogen and oxygen atoms in total. The number of aromatic nitrogens is 1. The minimum absolute atomic E-state index is 0.0831. The monoisotopic (exact) mass is 572 g/mol. The Hall–Kier alpha value is -3.60. The third-order valence-electron chi connectivity index (χ3n) is 7.79. The van der Waals surface area contributed by atoms with Crippen molar-refractivity contribution >= 4 is 17.1 Å². The summed E-state index contributed by atoms with van der Waals surface area (Å²) in [7, 11) is 0. The second-order valence-corrected chi connectivity index (χ2v) is 11.2. The van der Waals surface area contributed by atoms with Gasteiger partial charge in [-0.15, -0.1) is 0 Å². The van der Waals surface area contributed by atoms with E-state index < -0.39 is 11.7 Å². The highest BCUT2D eigenvalue weighted by atomic mass is 19.4. The van der Waals surface area contributed by atoms with E-state index in [-0.39, 0.29) is 5.56 Å². The molecule has 0 unspecified atom stereocenters. The maximum absolute atomic E-state index is 14.0. The predicted octanol–water partition coefficient (Wildman–Crippen LogP) is 11.8. The molecule has 42 heavy (non-hydrogen) atoms. The lowest BCUT2D eigenvalue weighted by molar-refractivity contribution is -0.137. The molecule has 222 valence electrons. The van der Waals surface area contributed by atoms with Gasteiger partial charge < -0.3 is 4.90 Å². The van der Waals surface area contributed by atoms with Crippen molar-refractivity contribution in [2.24, 2.45) is 0 Å². The van der Waals surface area contributed by atoms with Crippen molar-refractivity contribution in [3.63, 3.8) is 0 Å². The fourth-order valence-electron chi connectivity index (χ4n) is 5.40. The van der Waals surface area contributed by atoms with Gasteiger partial charge in [-0.25, -0.2) is 0 Å². The summed E-state index contributed by atoms with van der Waals surface area (Å²) in [6.07, 6.45) is 8.94. The van der Waals surface area contributed by atoms with Crippen molar-refractivity contribution in [2.75, 3.05) is 4.90 Å². The molecule has 0 saturated carbocycles. The molecule has 3 aromatic carbocycles. The number of pyridine rings is 1. The smallest absolute Gasteiger partial charge is 0.310 e. The van der Waals surface area contributed by atoms with E-state index in [0.717, 1.165) is 29.9 Å². The number of halogens is 3. The Morgan fingerprint density at radius 1 is 0.619 bits per heavy atom. The van der Waals surface area contributed by atoms with Gasteiger partial charge >= 0.3 is 6.18 Å². The number of hydrogen-bond donors (Lipinski definition) is 0. The zero-order chi connectivity index (χ0) is 30.0. The van der Waals surface area contributed by atoms with Gasteiger partial charge in [0.15, 0.2) is 0 Å². The highest BCUT2D eigenvalue weighted by Crippen LogP contribution is 2.40. The van der Waals surface area contributed by atoms with Crippen LogP contribution in [-0.4, -0.2) is 4.98 Å². The number of hydrogen-bond acceptors (Lipinski definition) is 2. The summed E-state index contributed by atoms with van der Waals surface area (Å²) in [5.74, 6) is 0. The fourth-order valence-corrected chi connectivity index (χ4v) is 5.40. The first-order valence-electron chi connectivity index (χ1n) is 15.4. The van der Waals surface area contributed by atoms with Gasteiger partial charge in [0.25, 0.3) is 0 Å². The topological polar surface area (TPSA) is 16.1 Å². The van der Waals surface area contributed by atoms with Gasteiger partial charge in [0.2, 0.25) is 0 Å². The summed E-state index contributed by atoms with van der Waals surface area (Å²) in [4.78, 5) is 6.49. The van der Waals surface area contributed by atoms with Gasteiger partial charge in [-0.3, -0.25) is 4.98 Å². The number of alkyl halides is 3. The molecule has 0 fully saturated rings. The molecule has 0 aliphatic heterocycles. The van der Waals surface area contributed by atoms with Crippen molar-refractivity contribution < 1.29 is 13.2 Å². The molecule has 0 bridgehead atoms. The van der Waals surface area contributed by atoms with E-state index in [1.54, 1.807) is 25.3 Å². The van der Waals surface area contributed by atoms with Crippen molar-refractivity contribution in [3.05, 3.63) is 107 Å². The van der Waals surface area contributed by atoms with Gasteiger partial charge in [-0.05, 0) is 86.2 Å². The first-order valence-corrected chi connectivity index (χ1v) is 15.4. The molecule has 0 saturated heterocycles. The summed E-state index contributed by atoms with van der Waals surface area (Å²) >= 11 is 0. The van der Waals surface area contributed by atoms with Crippen LogP contribution >= 0.6 is 0 Å². The van der Waals surface area contributed by atoms with Gasteiger partial charge in [-0.1, -0.05) is 94.3 Å². The van der Waals surface area contributed by atoms with Crippen LogP contribution < -0.4 is 4.90 Å². The zero-order valence-corrected chi connectivity index (χ0v) is 25.2. The molecule has 0 N–H and O–H groups in total. The van der Waals surface area contributed by atoms with Crippen molar-refractivity contribution in [3.8, 4) is 11.3 Å². The zero-order valence-electron chi connectivity index (χ0n) is 25.2. The van der Waals surface area contributed by atoms with Gasteiger partial charge in [0.1, 0.15) is 0 Å². The Morgan fingerprint density at radius 3 is 1.67 bits per heavy atom. The lowest BCUT2D eigenvalue weighted by Crippen LogP contribution is -2.11. The highest BCUT2D eigenvalue weighted by molar-refractivity contribution is 5.79. The molecule has 0 spiro atoms. The minimum Gasteiger partial charge on any atom is -0.310 e. The molecule has 0 aliphatic rings. The van der Waals surface area contributed by atoms with Gasteiger partial charge in [0.05, 0.1) is 11.3 Å². The van der Waals surface area contributed by atoms with Crippen LogP contribution in [0.3, 0.4) is 0 Å². The first kappa shape index (κ1) is 31.3. The van der Waals surface area contributed by atoms with Gasteiger partial charge in [-0.2, -0.15) is 13.2 Å². The Balaban J connectivity index is 1.70. The molecule has 1 heterocycles. The number of anilines is 3. The molecular formula is C37H43F3N2. The molecule has 1 aromatic heterocycles. The third kappa shape index (κ3) is 8.47. The van der Waals surface area contributed by atoms with Crippen LogP contribution in [0.4, 0.5) is 30.2 Å². The van der Waals surface area contributed by atoms with E-state index in [4.69, 9.17) is 0 Å². The van der Waals surface area contributed by atoms with E-state index in [1.165, 1.54) is 74.6 Å². The number of aryl methyl sites for hydroxylation is 3. The number of benzene rings is 3. The second kappa shape index (κ2) is 15.0. The van der Waals surface area contributed by atoms with Crippen LogP contribution in [0.1, 0.15) is 87.5 Å². The predicted molar refractivity (Wildman–Crippen MR) is 170 cm³/mol. The van der Waals surface area contributed by atoms with Crippen molar-refractivity contribution in [1.29, 1.82) is 0 Å². The summed E-state index contributed by atoms with van der Waals surface area (Å²) < 4.78 is 42.0. The molecule has 0 radical (unpaired) electrons. The quantitative estimate of drug-likeness (QED) is 0.140. The number of unbranched alkanes of at least 4 members (excludes halogenated alkanes) is 6. The molecule has 4 aromatic rings. The average Bonchev–Trinajstić information content (AvgIpc) is 2.99. The molecule has 4 rings (SSSR count). The standard InChI is InChI=1S/C37H43F3N2/c1-4-6-8-10-12-29-15-19-31(20-16-29)42(32-21-17-30(18-22-32)13-11-9-7-5-2)33-24-25-41-36(27-33)34-23-14-28(3)26-35(34)37(38,39)40/h14-27H,4-13H2,1-3H3. The first-order chi connectivity index (χ1) is 20.3. The van der Waals surface area contributed by atoms with Crippen LogP contribution in [0.2, 0.25) is 0 Å². The van der Waals surface area contributed by atoms with Crippen LogP contribution in [0.5, 0.6) is 0 Å². The summed E-state index contributed by atoms with van der Waals surface area (Å²) in [5.41, 5.74) is 5.54. The second-order valence-electron chi connectivity index (χ2n) is 11.2. The van der Waals surface area contributed by atoms with E-state index in [1.807, 2.05) is 6.07 Å². The highest BCUT2D eigenvalue weighted by Gasteiger charge is 2.34. The Morgan fingerprint density at radius 2 is 1.17 bits per heavy atom. The van der Waals surface area contributed by atoms with E-state index in [9.17, 15) is 13.2 Å². The summed E-state index contributed by atoms with van der Waals surface area (Å²) in [6, 6.07) is 25.2. The van der Waals surface area contributed by atoms with Crippen LogP contribution in [0.15, 0.2) is 85.1 Å². The lowest BCUT2D eigenvalue weighted by Gasteiger charge is -2.26. The fraction of sp³-hybridized carbons (Fsp3) is 0.378. The maximum atomic E-state index is 14.0. The summed E-state index contributed by atoms with van der Waals surface area (Å²) in [5, 5.41) is 0. The minimum atomic E-state index is -4.47. The molecule has 0 amide bonds. The van der Waals surface area contributed by atoms with E-state index >= 15 is 0 Å². The Kier molecular flexibility index (Phi) is 11.2. The summed E-state index contributed by atoms with van der Waals surface area (Å²) in [6.45, 7) is 6.11. The van der Waals surface area contributed by atoms with E-state index in [0.29, 0.717) is 11.3 Å². The number of rotatable bonds is 14. The van der Waals surface area contributed by atoms with Crippen LogP contribution in [-0.2, 0) is 19.0 Å². The van der Waals surface area contributed by atoms with E-state index in [2.05, 4.69) is 72.3 Å². The lowest BCUT2D eigenvalue weighted by atomic mass is 10.00.